The molecule has 2 aliphatic carbocycles. The van der Waals surface area contributed by atoms with E-state index in [0.29, 0.717) is 55.2 Å². The van der Waals surface area contributed by atoms with E-state index in [2.05, 4.69) is 20.6 Å². The van der Waals surface area contributed by atoms with Gasteiger partial charge in [0.05, 0.1) is 23.0 Å². The molecule has 2 heterocycles. The largest absolute Gasteiger partial charge is 0.393 e. The Morgan fingerprint density at radius 1 is 1.14 bits per heavy atom. The van der Waals surface area contributed by atoms with E-state index in [1.807, 2.05) is 4.57 Å². The van der Waals surface area contributed by atoms with E-state index < -0.39 is 11.6 Å². The number of halogens is 3. The number of nitrogens with two attached hydrogens (primary N) is 1. The van der Waals surface area contributed by atoms with Crippen LogP contribution in [0.3, 0.4) is 0 Å². The molecule has 5 rings (SSSR count). The molecule has 2 aliphatic rings. The Bertz CT molecular complexity index is 1260. The fraction of sp³-hybridized carbons (Fsp3) is 0.500. The van der Waals surface area contributed by atoms with Crippen LogP contribution in [0.1, 0.15) is 57.4 Å². The molecule has 2 atom stereocenters. The summed E-state index contributed by atoms with van der Waals surface area (Å²) in [5.74, 6) is -1.44. The van der Waals surface area contributed by atoms with E-state index in [-0.39, 0.29) is 40.7 Å². The summed E-state index contributed by atoms with van der Waals surface area (Å²) in [6.07, 6.45) is 6.99. The van der Waals surface area contributed by atoms with Crippen LogP contribution in [0.2, 0.25) is 5.02 Å². The Labute approximate surface area is 211 Å². The van der Waals surface area contributed by atoms with Gasteiger partial charge in [0.15, 0.2) is 11.5 Å². The van der Waals surface area contributed by atoms with Gasteiger partial charge < -0.3 is 21.5 Å². The van der Waals surface area contributed by atoms with Gasteiger partial charge in [-0.3, -0.25) is 9.36 Å². The highest BCUT2D eigenvalue weighted by atomic mass is 35.5. The topological polar surface area (TPSA) is 131 Å². The number of rotatable bonds is 6. The zero-order valence-electron chi connectivity index (χ0n) is 19.6. The molecule has 9 nitrogen and oxygen atoms in total. The van der Waals surface area contributed by atoms with Crippen molar-refractivity contribution < 1.29 is 18.7 Å². The van der Waals surface area contributed by atoms with Gasteiger partial charge in [0.2, 0.25) is 17.8 Å². The molecule has 12 heteroatoms. The molecule has 36 heavy (non-hydrogen) atoms. The maximum Gasteiger partial charge on any atom is 0.224 e. The number of carbonyl (C=O) groups is 1. The Hall–Kier alpha value is -3.05. The van der Waals surface area contributed by atoms with Crippen molar-refractivity contribution in [1.82, 2.24) is 19.5 Å². The number of nitrogens with zero attached hydrogens (tertiary/aromatic N) is 4. The Kier molecular flexibility index (Phi) is 6.94. The number of carbonyl (C=O) groups excluding carboxylic acids is 1. The SMILES string of the molecule is NC(=O)[C@H]1CC[C@H](n2c(Nc3c(F)cc(F)cc3Cl)nc3cnc(N[C@H]4CCC[C@H](O)C4)nc32)CC1. The number of amides is 1. The Morgan fingerprint density at radius 3 is 2.61 bits per heavy atom. The van der Waals surface area contributed by atoms with Gasteiger partial charge in [-0.1, -0.05) is 11.6 Å². The first-order valence-electron chi connectivity index (χ1n) is 12.2. The molecule has 1 amide bonds. The molecule has 3 aromatic rings. The van der Waals surface area contributed by atoms with Crippen molar-refractivity contribution >= 4 is 46.3 Å². The van der Waals surface area contributed by atoms with E-state index in [0.717, 1.165) is 31.4 Å². The third-order valence-electron chi connectivity index (χ3n) is 7.12. The minimum Gasteiger partial charge on any atom is -0.393 e. The Morgan fingerprint density at radius 2 is 1.92 bits per heavy atom. The molecule has 2 saturated carbocycles. The van der Waals surface area contributed by atoms with Gasteiger partial charge in [-0.15, -0.1) is 0 Å². The number of aromatic nitrogens is 4. The Balaban J connectivity index is 1.51. The maximum atomic E-state index is 14.6. The summed E-state index contributed by atoms with van der Waals surface area (Å²) in [6, 6.07) is 1.74. The van der Waals surface area contributed by atoms with Crippen molar-refractivity contribution in [3.8, 4) is 0 Å². The number of hydrogen-bond donors (Lipinski definition) is 4. The van der Waals surface area contributed by atoms with Crippen molar-refractivity contribution in [1.29, 1.82) is 0 Å². The molecular weight excluding hydrogens is 492 g/mol. The number of nitrogens with one attached hydrogen (secondary N) is 2. The van der Waals surface area contributed by atoms with Crippen LogP contribution in [0, 0.1) is 17.6 Å². The van der Waals surface area contributed by atoms with Gasteiger partial charge in [0.1, 0.15) is 11.3 Å². The van der Waals surface area contributed by atoms with Crippen molar-refractivity contribution in [2.45, 2.75) is 69.6 Å². The van der Waals surface area contributed by atoms with Gasteiger partial charge in [-0.25, -0.2) is 18.7 Å². The maximum absolute atomic E-state index is 14.6. The zero-order valence-corrected chi connectivity index (χ0v) is 20.3. The third-order valence-corrected chi connectivity index (χ3v) is 7.42. The average Bonchev–Trinajstić information content (AvgIpc) is 3.18. The first-order chi connectivity index (χ1) is 17.3. The van der Waals surface area contributed by atoms with Crippen LogP contribution in [-0.2, 0) is 4.79 Å². The lowest BCUT2D eigenvalue weighted by Gasteiger charge is -2.29. The zero-order chi connectivity index (χ0) is 25.4. The summed E-state index contributed by atoms with van der Waals surface area (Å²) < 4.78 is 30.1. The van der Waals surface area contributed by atoms with Gasteiger partial charge in [0.25, 0.3) is 0 Å². The minimum atomic E-state index is -0.847. The minimum absolute atomic E-state index is 0.0540. The van der Waals surface area contributed by atoms with E-state index in [4.69, 9.17) is 22.3 Å². The summed E-state index contributed by atoms with van der Waals surface area (Å²) in [5.41, 5.74) is 6.44. The van der Waals surface area contributed by atoms with Crippen molar-refractivity contribution in [2.24, 2.45) is 11.7 Å². The molecule has 0 radical (unpaired) electrons. The predicted molar refractivity (Wildman–Crippen MR) is 132 cm³/mol. The summed E-state index contributed by atoms with van der Waals surface area (Å²) in [7, 11) is 0. The van der Waals surface area contributed by atoms with E-state index in [1.54, 1.807) is 6.20 Å². The predicted octanol–water partition coefficient (Wildman–Crippen LogP) is 4.43. The molecule has 0 saturated heterocycles. The molecule has 0 aliphatic heterocycles. The lowest BCUT2D eigenvalue weighted by atomic mass is 9.85. The molecule has 5 N–H and O–H groups in total. The average molecular weight is 520 g/mol. The molecule has 0 spiro atoms. The molecule has 2 fully saturated rings. The molecule has 192 valence electrons. The summed E-state index contributed by atoms with van der Waals surface area (Å²) in [5, 5.41) is 16.1. The van der Waals surface area contributed by atoms with Crippen LogP contribution in [0.5, 0.6) is 0 Å². The summed E-state index contributed by atoms with van der Waals surface area (Å²) in [6.45, 7) is 0. The quantitative estimate of drug-likeness (QED) is 0.379. The first-order valence-corrected chi connectivity index (χ1v) is 12.6. The van der Waals surface area contributed by atoms with Crippen LogP contribution in [0.4, 0.5) is 26.4 Å². The van der Waals surface area contributed by atoms with Gasteiger partial charge in [-0.05, 0) is 57.4 Å². The van der Waals surface area contributed by atoms with Crippen LogP contribution < -0.4 is 16.4 Å². The monoisotopic (exact) mass is 519 g/mol. The fourth-order valence-corrected chi connectivity index (χ4v) is 5.51. The standard InChI is InChI=1S/C24H28ClF2N7O2/c25-17-8-13(26)9-18(27)20(17)32-24-31-19-11-29-23(30-14-2-1-3-16(35)10-14)33-22(19)34(24)15-6-4-12(5-7-15)21(28)36/h8-9,11-12,14-16,35H,1-7,10H2,(H2,28,36)(H,31,32)(H,29,30,33)/t12-,14-,15-,16-/m0/s1. The third kappa shape index (κ3) is 5.08. The lowest BCUT2D eigenvalue weighted by molar-refractivity contribution is -0.122. The van der Waals surface area contributed by atoms with Crippen LogP contribution >= 0.6 is 11.6 Å². The van der Waals surface area contributed by atoms with E-state index in [9.17, 15) is 18.7 Å². The summed E-state index contributed by atoms with van der Waals surface area (Å²) in [4.78, 5) is 25.4. The number of benzene rings is 1. The van der Waals surface area contributed by atoms with Crippen LogP contribution in [0.25, 0.3) is 11.2 Å². The normalized spacial score (nSPS) is 24.6. The molecule has 0 bridgehead atoms. The van der Waals surface area contributed by atoms with Gasteiger partial charge >= 0.3 is 0 Å². The van der Waals surface area contributed by atoms with Crippen LogP contribution in [-0.4, -0.2) is 42.7 Å². The number of primary amides is 1. The van der Waals surface area contributed by atoms with Gasteiger partial charge in [-0.2, -0.15) is 4.98 Å². The second-order valence-electron chi connectivity index (χ2n) is 9.65. The molecule has 0 unspecified atom stereocenters. The van der Waals surface area contributed by atoms with E-state index >= 15 is 0 Å². The molecule has 1 aromatic carbocycles. The second kappa shape index (κ2) is 10.1. The van der Waals surface area contributed by atoms with Crippen molar-refractivity contribution in [3.63, 3.8) is 0 Å². The number of aliphatic hydroxyl groups is 1. The molecule has 2 aromatic heterocycles. The highest BCUT2D eigenvalue weighted by molar-refractivity contribution is 6.33. The summed E-state index contributed by atoms with van der Waals surface area (Å²) >= 11 is 6.13. The number of aliphatic hydroxyl groups excluding tert-OH is 1. The number of anilines is 3. The highest BCUT2D eigenvalue weighted by Crippen LogP contribution is 2.38. The van der Waals surface area contributed by atoms with Crippen molar-refractivity contribution in [2.75, 3.05) is 10.6 Å². The smallest absolute Gasteiger partial charge is 0.224 e. The van der Waals surface area contributed by atoms with E-state index in [1.165, 1.54) is 0 Å². The second-order valence-corrected chi connectivity index (χ2v) is 10.1. The highest BCUT2D eigenvalue weighted by Gasteiger charge is 2.30. The number of fused-ring (bicyclic) bond motifs is 1. The number of hydrogen-bond acceptors (Lipinski definition) is 7. The fourth-order valence-electron chi connectivity index (χ4n) is 5.26. The first kappa shape index (κ1) is 24.6. The van der Waals surface area contributed by atoms with Crippen molar-refractivity contribution in [3.05, 3.63) is 35.0 Å². The van der Waals surface area contributed by atoms with Gasteiger partial charge in [0, 0.05) is 24.1 Å². The van der Waals surface area contributed by atoms with Crippen LogP contribution in [0.15, 0.2) is 18.3 Å². The number of imidazole rings is 1. The molecular formula is C24H28ClF2N7O2. The lowest BCUT2D eigenvalue weighted by Crippen LogP contribution is -2.30.